The van der Waals surface area contributed by atoms with Crippen LogP contribution < -0.4 is 5.32 Å². The molecule has 5 nitrogen and oxygen atoms in total. The van der Waals surface area contributed by atoms with Gasteiger partial charge in [0.15, 0.2) is 0 Å². The fraction of sp³-hybridized carbons (Fsp3) is 0.875. The van der Waals surface area contributed by atoms with Crippen molar-refractivity contribution in [3.8, 4) is 0 Å². The summed E-state index contributed by atoms with van der Waals surface area (Å²) in [4.78, 5) is 10.9. The minimum absolute atomic E-state index is 0.00684. The van der Waals surface area contributed by atoms with E-state index in [-0.39, 0.29) is 19.1 Å². The molecule has 0 heterocycles. The zero-order valence-electron chi connectivity index (χ0n) is 7.91. The molecular formula is C8H17NO4. The molecule has 0 fully saturated rings. The highest BCUT2D eigenvalue weighted by molar-refractivity contribution is 5.77. The molecule has 0 radical (unpaired) electrons. The minimum Gasteiger partial charge on any atom is -0.394 e. The summed E-state index contributed by atoms with van der Waals surface area (Å²) in [5, 5.41) is 11.0. The van der Waals surface area contributed by atoms with Crippen molar-refractivity contribution in [1.29, 1.82) is 0 Å². The number of carbonyl (C=O) groups excluding carboxylic acids is 1. The molecule has 0 bridgehead atoms. The van der Waals surface area contributed by atoms with Gasteiger partial charge in [0, 0.05) is 13.2 Å². The van der Waals surface area contributed by atoms with Gasteiger partial charge in [0.2, 0.25) is 5.91 Å². The lowest BCUT2D eigenvalue weighted by molar-refractivity contribution is -0.125. The molecule has 0 rings (SSSR count). The molecule has 2 N–H and O–H groups in total. The maximum atomic E-state index is 10.9. The number of aliphatic hydroxyl groups excluding tert-OH is 1. The fourth-order valence-corrected chi connectivity index (χ4v) is 0.675. The maximum Gasteiger partial charge on any atom is 0.246 e. The molecule has 0 aliphatic carbocycles. The number of aliphatic hydroxyl groups is 1. The zero-order chi connectivity index (χ0) is 9.94. The smallest absolute Gasteiger partial charge is 0.246 e. The third kappa shape index (κ3) is 9.26. The highest BCUT2D eigenvalue weighted by Crippen LogP contribution is 1.75. The third-order valence-electron chi connectivity index (χ3n) is 1.24. The predicted octanol–water partition coefficient (Wildman–Crippen LogP) is -0.852. The van der Waals surface area contributed by atoms with Crippen LogP contribution in [0.2, 0.25) is 0 Å². The molecule has 0 spiro atoms. The summed E-state index contributed by atoms with van der Waals surface area (Å²) in [6, 6.07) is 0. The first-order valence-corrected chi connectivity index (χ1v) is 4.34. The van der Waals surface area contributed by atoms with Crippen LogP contribution in [0.3, 0.4) is 0 Å². The van der Waals surface area contributed by atoms with Gasteiger partial charge < -0.3 is 19.9 Å². The van der Waals surface area contributed by atoms with Crippen LogP contribution in [0.5, 0.6) is 0 Å². The summed E-state index contributed by atoms with van der Waals surface area (Å²) >= 11 is 0. The van der Waals surface area contributed by atoms with Gasteiger partial charge in [-0.25, -0.2) is 0 Å². The van der Waals surface area contributed by atoms with Crippen molar-refractivity contribution in [2.45, 2.75) is 6.92 Å². The van der Waals surface area contributed by atoms with Gasteiger partial charge in [0.1, 0.15) is 6.61 Å². The Hall–Kier alpha value is -0.650. The topological polar surface area (TPSA) is 67.8 Å². The summed E-state index contributed by atoms with van der Waals surface area (Å²) in [7, 11) is 0. The molecule has 0 saturated carbocycles. The van der Waals surface area contributed by atoms with Crippen LogP contribution in [-0.2, 0) is 14.3 Å². The van der Waals surface area contributed by atoms with Gasteiger partial charge in [0.25, 0.3) is 0 Å². The molecule has 0 saturated heterocycles. The molecule has 13 heavy (non-hydrogen) atoms. The van der Waals surface area contributed by atoms with E-state index in [9.17, 15) is 4.79 Å². The number of hydrogen-bond donors (Lipinski definition) is 2. The van der Waals surface area contributed by atoms with E-state index in [4.69, 9.17) is 14.6 Å². The summed E-state index contributed by atoms with van der Waals surface area (Å²) in [5.74, 6) is -0.144. The summed E-state index contributed by atoms with van der Waals surface area (Å²) < 4.78 is 9.81. The number of rotatable bonds is 8. The van der Waals surface area contributed by atoms with Gasteiger partial charge in [0.05, 0.1) is 19.8 Å². The molecule has 0 atom stereocenters. The van der Waals surface area contributed by atoms with Crippen molar-refractivity contribution in [3.05, 3.63) is 0 Å². The first kappa shape index (κ1) is 12.3. The molecule has 0 aromatic carbocycles. The Balaban J connectivity index is 3.08. The number of hydrogen-bond acceptors (Lipinski definition) is 4. The third-order valence-corrected chi connectivity index (χ3v) is 1.24. The van der Waals surface area contributed by atoms with E-state index >= 15 is 0 Å². The Morgan fingerprint density at radius 3 is 2.77 bits per heavy atom. The summed E-state index contributed by atoms with van der Waals surface area (Å²) in [6.45, 7) is 3.64. The van der Waals surface area contributed by atoms with Crippen LogP contribution in [0.1, 0.15) is 6.92 Å². The van der Waals surface area contributed by atoms with E-state index in [1.807, 2.05) is 6.92 Å². The van der Waals surface area contributed by atoms with Gasteiger partial charge >= 0.3 is 0 Å². The Bertz CT molecular complexity index is 129. The lowest BCUT2D eigenvalue weighted by Gasteiger charge is -2.05. The van der Waals surface area contributed by atoms with Gasteiger partial charge in [-0.05, 0) is 6.92 Å². The van der Waals surface area contributed by atoms with E-state index < -0.39 is 0 Å². The number of nitrogens with one attached hydrogen (secondary N) is 1. The van der Waals surface area contributed by atoms with Crippen LogP contribution >= 0.6 is 0 Å². The lowest BCUT2D eigenvalue weighted by Crippen LogP contribution is -2.30. The van der Waals surface area contributed by atoms with E-state index in [1.165, 1.54) is 0 Å². The molecule has 1 amide bonds. The van der Waals surface area contributed by atoms with E-state index in [2.05, 4.69) is 5.32 Å². The number of carbonyl (C=O) groups is 1. The van der Waals surface area contributed by atoms with Crippen molar-refractivity contribution < 1.29 is 19.4 Å². The van der Waals surface area contributed by atoms with Crippen molar-refractivity contribution in [3.63, 3.8) is 0 Å². The predicted molar refractivity (Wildman–Crippen MR) is 47.4 cm³/mol. The Morgan fingerprint density at radius 2 is 2.15 bits per heavy atom. The van der Waals surface area contributed by atoms with Crippen LogP contribution in [0, 0.1) is 0 Å². The number of ether oxygens (including phenoxy) is 2. The average Bonchev–Trinajstić information content (AvgIpc) is 2.14. The molecule has 5 heteroatoms. The molecular weight excluding hydrogens is 174 g/mol. The van der Waals surface area contributed by atoms with Crippen LogP contribution in [0.25, 0.3) is 0 Å². The van der Waals surface area contributed by atoms with Gasteiger partial charge in [-0.15, -0.1) is 0 Å². The molecule has 0 aliphatic heterocycles. The quantitative estimate of drug-likeness (QED) is 0.490. The normalized spacial score (nSPS) is 10.0. The first-order valence-electron chi connectivity index (χ1n) is 4.34. The lowest BCUT2D eigenvalue weighted by atomic mass is 10.6. The van der Waals surface area contributed by atoms with Crippen molar-refractivity contribution in [2.75, 3.05) is 39.6 Å². The zero-order valence-corrected chi connectivity index (χ0v) is 7.91. The van der Waals surface area contributed by atoms with Crippen LogP contribution in [-0.4, -0.2) is 50.6 Å². The van der Waals surface area contributed by atoms with Gasteiger partial charge in [-0.3, -0.25) is 4.79 Å². The highest BCUT2D eigenvalue weighted by atomic mass is 16.5. The minimum atomic E-state index is -0.144. The van der Waals surface area contributed by atoms with Gasteiger partial charge in [-0.2, -0.15) is 0 Å². The van der Waals surface area contributed by atoms with E-state index in [0.29, 0.717) is 26.4 Å². The average molecular weight is 191 g/mol. The molecule has 0 unspecified atom stereocenters. The Kier molecular flexibility index (Phi) is 8.97. The Labute approximate surface area is 78.0 Å². The second kappa shape index (κ2) is 9.44. The van der Waals surface area contributed by atoms with Crippen molar-refractivity contribution in [1.82, 2.24) is 5.32 Å². The van der Waals surface area contributed by atoms with Gasteiger partial charge in [-0.1, -0.05) is 0 Å². The fourth-order valence-electron chi connectivity index (χ4n) is 0.675. The van der Waals surface area contributed by atoms with E-state index in [0.717, 1.165) is 0 Å². The SMILES string of the molecule is CCOCC(=O)NCCOCCO. The second-order valence-corrected chi connectivity index (χ2v) is 2.32. The molecule has 0 aromatic heterocycles. The van der Waals surface area contributed by atoms with Crippen LogP contribution in [0.15, 0.2) is 0 Å². The monoisotopic (exact) mass is 191 g/mol. The molecule has 78 valence electrons. The summed E-state index contributed by atoms with van der Waals surface area (Å²) in [6.07, 6.45) is 0. The van der Waals surface area contributed by atoms with Crippen molar-refractivity contribution >= 4 is 5.91 Å². The second-order valence-electron chi connectivity index (χ2n) is 2.32. The van der Waals surface area contributed by atoms with Crippen molar-refractivity contribution in [2.24, 2.45) is 0 Å². The Morgan fingerprint density at radius 1 is 1.38 bits per heavy atom. The summed E-state index contributed by atoms with van der Waals surface area (Å²) in [5.41, 5.74) is 0. The van der Waals surface area contributed by atoms with E-state index in [1.54, 1.807) is 0 Å². The first-order chi connectivity index (χ1) is 6.31. The largest absolute Gasteiger partial charge is 0.394 e. The standard InChI is InChI=1S/C8H17NO4/c1-2-12-7-8(11)9-3-5-13-6-4-10/h10H,2-7H2,1H3,(H,9,11). The molecule has 0 aliphatic rings. The number of amides is 1. The molecule has 0 aromatic rings. The van der Waals surface area contributed by atoms with Crippen LogP contribution in [0.4, 0.5) is 0 Å². The maximum absolute atomic E-state index is 10.9. The highest BCUT2D eigenvalue weighted by Gasteiger charge is 1.98.